The van der Waals surface area contributed by atoms with Crippen LogP contribution >= 0.6 is 7.14 Å². The number of hydrogen-bond acceptors (Lipinski definition) is 1. The highest BCUT2D eigenvalue weighted by atomic mass is 31.2. The van der Waals surface area contributed by atoms with Gasteiger partial charge in [0, 0.05) is 5.82 Å². The van der Waals surface area contributed by atoms with Crippen molar-refractivity contribution in [2.24, 2.45) is 5.41 Å². The Morgan fingerprint density at radius 1 is 1.37 bits per heavy atom. The largest absolute Gasteiger partial charge is 0.319 e. The van der Waals surface area contributed by atoms with Crippen molar-refractivity contribution < 1.29 is 4.57 Å². The molecule has 0 N–H and O–H groups in total. The van der Waals surface area contributed by atoms with E-state index in [1.165, 1.54) is 30.4 Å². The third kappa shape index (κ3) is 5.39. The van der Waals surface area contributed by atoms with Crippen LogP contribution in [0.2, 0.25) is 0 Å². The molecule has 2 heteroatoms. The summed E-state index contributed by atoms with van der Waals surface area (Å²) < 4.78 is 11.6. The molecule has 1 aliphatic rings. The van der Waals surface area contributed by atoms with Gasteiger partial charge in [0.25, 0.3) is 0 Å². The van der Waals surface area contributed by atoms with Crippen LogP contribution in [0.1, 0.15) is 47.0 Å². The minimum atomic E-state index is -2.12. The Morgan fingerprint density at radius 2 is 2.00 bits per heavy atom. The van der Waals surface area contributed by atoms with E-state index in [2.05, 4.69) is 38.7 Å². The number of hydrogen-bond donors (Lipinski definition) is 0. The predicted molar refractivity (Wildman–Crippen MR) is 86.2 cm³/mol. The highest BCUT2D eigenvalue weighted by Crippen LogP contribution is 2.41. The quantitative estimate of drug-likeness (QED) is 0.365. The van der Waals surface area contributed by atoms with Gasteiger partial charge in [-0.1, -0.05) is 31.6 Å². The fourth-order valence-corrected chi connectivity index (χ4v) is 3.04. The molecule has 0 unspecified atom stereocenters. The Labute approximate surface area is 118 Å². The van der Waals surface area contributed by atoms with Crippen LogP contribution in [0.25, 0.3) is 0 Å². The van der Waals surface area contributed by atoms with Crippen LogP contribution < -0.4 is 0 Å². The molecule has 0 aromatic heterocycles. The zero-order valence-corrected chi connectivity index (χ0v) is 14.1. The van der Waals surface area contributed by atoms with E-state index in [1.54, 1.807) is 19.1 Å². The van der Waals surface area contributed by atoms with Crippen LogP contribution in [-0.4, -0.2) is 13.3 Å². The molecule has 0 aliphatic heterocycles. The van der Waals surface area contributed by atoms with Crippen LogP contribution in [0.15, 0.2) is 40.4 Å². The summed E-state index contributed by atoms with van der Waals surface area (Å²) in [6.45, 7) is 12.4. The van der Waals surface area contributed by atoms with E-state index in [0.717, 1.165) is 5.57 Å². The van der Waals surface area contributed by atoms with E-state index in [4.69, 9.17) is 0 Å². The van der Waals surface area contributed by atoms with E-state index in [-0.39, 0.29) is 5.41 Å². The first-order valence-corrected chi connectivity index (χ1v) is 9.66. The van der Waals surface area contributed by atoms with Gasteiger partial charge in [0.2, 0.25) is 0 Å². The van der Waals surface area contributed by atoms with Crippen molar-refractivity contribution in [3.8, 4) is 0 Å². The van der Waals surface area contributed by atoms with Crippen molar-refractivity contribution >= 4 is 7.14 Å². The van der Waals surface area contributed by atoms with E-state index in [1.807, 2.05) is 6.92 Å². The smallest absolute Gasteiger partial charge is 0.110 e. The van der Waals surface area contributed by atoms with Gasteiger partial charge in [-0.2, -0.15) is 0 Å². The molecule has 0 aromatic rings. The second-order valence-corrected chi connectivity index (χ2v) is 9.78. The summed E-state index contributed by atoms with van der Waals surface area (Å²) in [5.74, 6) is 1.71. The summed E-state index contributed by atoms with van der Waals surface area (Å²) >= 11 is 0. The highest BCUT2D eigenvalue weighted by molar-refractivity contribution is 7.65. The van der Waals surface area contributed by atoms with Crippen LogP contribution in [-0.2, 0) is 4.57 Å². The fraction of sp³-hybridized carbons (Fsp3) is 0.588. The summed E-state index contributed by atoms with van der Waals surface area (Å²) in [7, 11) is -2.12. The van der Waals surface area contributed by atoms with Gasteiger partial charge in [-0.25, -0.2) is 0 Å². The van der Waals surface area contributed by atoms with Crippen molar-refractivity contribution in [1.82, 2.24) is 0 Å². The van der Waals surface area contributed by atoms with Gasteiger partial charge in [-0.3, -0.25) is 0 Å². The van der Waals surface area contributed by atoms with E-state index in [9.17, 15) is 4.57 Å². The molecule has 0 fully saturated rings. The lowest BCUT2D eigenvalue weighted by Crippen LogP contribution is -2.19. The molecule has 0 bridgehead atoms. The monoisotopic (exact) mass is 278 g/mol. The highest BCUT2D eigenvalue weighted by Gasteiger charge is 2.26. The van der Waals surface area contributed by atoms with Crippen LogP contribution in [0.4, 0.5) is 0 Å². The van der Waals surface area contributed by atoms with Crippen molar-refractivity contribution in [2.75, 3.05) is 13.3 Å². The van der Waals surface area contributed by atoms with E-state index < -0.39 is 7.14 Å². The molecule has 1 aliphatic carbocycles. The van der Waals surface area contributed by atoms with Gasteiger partial charge in [0.05, 0.1) is 0 Å². The van der Waals surface area contributed by atoms with Crippen molar-refractivity contribution in [1.29, 1.82) is 0 Å². The molecule has 0 atom stereocenters. The third-order valence-corrected chi connectivity index (χ3v) is 4.40. The van der Waals surface area contributed by atoms with Crippen molar-refractivity contribution in [3.05, 3.63) is 40.4 Å². The lowest BCUT2D eigenvalue weighted by atomic mass is 9.72. The average Bonchev–Trinajstić information content (AvgIpc) is 2.23. The SMILES string of the molecule is CC(=C=CP(C)(C)=O)C=CC1=C(C)CCCC1(C)C. The minimum absolute atomic E-state index is 0.271. The number of allylic oxidation sites excluding steroid dienone is 5. The third-order valence-electron chi connectivity index (χ3n) is 3.65. The molecular weight excluding hydrogens is 251 g/mol. The lowest BCUT2D eigenvalue weighted by Gasteiger charge is -2.32. The normalized spacial score (nSPS) is 19.5. The lowest BCUT2D eigenvalue weighted by molar-refractivity contribution is 0.377. The van der Waals surface area contributed by atoms with Gasteiger partial charge < -0.3 is 4.57 Å². The summed E-state index contributed by atoms with van der Waals surface area (Å²) in [6.07, 6.45) is 8.07. The van der Waals surface area contributed by atoms with E-state index >= 15 is 0 Å². The molecular formula is C17H27OP. The van der Waals surface area contributed by atoms with Crippen molar-refractivity contribution in [3.63, 3.8) is 0 Å². The molecule has 0 radical (unpaired) electrons. The van der Waals surface area contributed by atoms with Crippen LogP contribution in [0, 0.1) is 5.41 Å². The first-order valence-electron chi connectivity index (χ1n) is 6.99. The van der Waals surface area contributed by atoms with Crippen LogP contribution in [0.5, 0.6) is 0 Å². The summed E-state index contributed by atoms with van der Waals surface area (Å²) in [6, 6.07) is 0. The summed E-state index contributed by atoms with van der Waals surface area (Å²) in [4.78, 5) is 0. The Balaban J connectivity index is 2.99. The zero-order valence-electron chi connectivity index (χ0n) is 13.2. The fourth-order valence-electron chi connectivity index (χ4n) is 2.52. The Kier molecular flexibility index (Phi) is 5.25. The molecule has 0 spiro atoms. The molecule has 19 heavy (non-hydrogen) atoms. The maximum atomic E-state index is 11.6. The topological polar surface area (TPSA) is 17.1 Å². The second kappa shape index (κ2) is 6.12. The Morgan fingerprint density at radius 3 is 2.53 bits per heavy atom. The molecule has 1 nitrogen and oxygen atoms in total. The van der Waals surface area contributed by atoms with Gasteiger partial charge >= 0.3 is 0 Å². The van der Waals surface area contributed by atoms with Gasteiger partial charge in [-0.05, 0) is 63.0 Å². The standard InChI is InChI=1S/C17H27OP/c1-14(11-13-19(5,6)18)9-10-16-15(2)8-7-12-17(16,3)4/h9-10,13H,7-8,12H2,1-6H3. The maximum Gasteiger partial charge on any atom is 0.110 e. The molecule has 1 rings (SSSR count). The van der Waals surface area contributed by atoms with E-state index in [0.29, 0.717) is 0 Å². The molecule has 0 saturated heterocycles. The Bertz CT molecular complexity index is 505. The van der Waals surface area contributed by atoms with Gasteiger partial charge in [0.15, 0.2) is 0 Å². The summed E-state index contributed by atoms with van der Waals surface area (Å²) in [5.41, 5.74) is 7.38. The molecule has 0 amide bonds. The number of rotatable bonds is 3. The molecule has 0 heterocycles. The maximum absolute atomic E-state index is 11.6. The summed E-state index contributed by atoms with van der Waals surface area (Å²) in [5, 5.41) is 0. The average molecular weight is 278 g/mol. The van der Waals surface area contributed by atoms with Gasteiger partial charge in [-0.15, -0.1) is 5.73 Å². The second-order valence-electron chi connectivity index (χ2n) is 6.66. The molecule has 106 valence electrons. The minimum Gasteiger partial charge on any atom is -0.319 e. The first kappa shape index (κ1) is 16.3. The predicted octanol–water partition coefficient (Wildman–Crippen LogP) is 5.75. The zero-order chi connectivity index (χ0) is 14.7. The Hall–Kier alpha value is -0.770. The molecule has 0 saturated carbocycles. The first-order chi connectivity index (χ1) is 8.62. The van der Waals surface area contributed by atoms with Crippen LogP contribution in [0.3, 0.4) is 0 Å². The van der Waals surface area contributed by atoms with Crippen molar-refractivity contribution in [2.45, 2.75) is 47.0 Å². The molecule has 0 aromatic carbocycles. The van der Waals surface area contributed by atoms with Gasteiger partial charge in [0.1, 0.15) is 7.14 Å².